The summed E-state index contributed by atoms with van der Waals surface area (Å²) in [5, 5.41) is 9.23. The lowest BCUT2D eigenvalue weighted by molar-refractivity contribution is 0.929. The highest BCUT2D eigenvalue weighted by atomic mass is 32.1. The van der Waals surface area contributed by atoms with E-state index in [1.54, 1.807) is 0 Å². The van der Waals surface area contributed by atoms with Gasteiger partial charge in [0.1, 0.15) is 10.9 Å². The van der Waals surface area contributed by atoms with Crippen molar-refractivity contribution in [3.8, 4) is 16.5 Å². The standard InChI is InChI=1S/C17H20N2S/c1-5-6-13-16(19)14(9-18)20-17(13)15-11(3)7-10(2)8-12(15)4/h7-8H,5-6,19H2,1-4H3. The molecule has 0 bridgehead atoms. The van der Waals surface area contributed by atoms with Gasteiger partial charge in [0.25, 0.3) is 0 Å². The predicted molar refractivity (Wildman–Crippen MR) is 87.1 cm³/mol. The summed E-state index contributed by atoms with van der Waals surface area (Å²) in [6.45, 7) is 8.52. The molecule has 0 aliphatic heterocycles. The Balaban J connectivity index is 2.73. The molecule has 1 aromatic carbocycles. The maximum absolute atomic E-state index is 9.23. The van der Waals surface area contributed by atoms with Crippen LogP contribution in [0.5, 0.6) is 0 Å². The van der Waals surface area contributed by atoms with Gasteiger partial charge in [-0.1, -0.05) is 31.0 Å². The van der Waals surface area contributed by atoms with Gasteiger partial charge in [0.15, 0.2) is 0 Å². The second-order valence-corrected chi connectivity index (χ2v) is 6.31. The van der Waals surface area contributed by atoms with Crippen molar-refractivity contribution in [2.45, 2.75) is 40.5 Å². The molecule has 2 nitrogen and oxygen atoms in total. The van der Waals surface area contributed by atoms with Crippen molar-refractivity contribution < 1.29 is 0 Å². The van der Waals surface area contributed by atoms with Crippen molar-refractivity contribution in [3.63, 3.8) is 0 Å². The van der Waals surface area contributed by atoms with Gasteiger partial charge in [0, 0.05) is 4.88 Å². The summed E-state index contributed by atoms with van der Waals surface area (Å²) < 4.78 is 0. The van der Waals surface area contributed by atoms with Gasteiger partial charge in [0.2, 0.25) is 0 Å². The van der Waals surface area contributed by atoms with Gasteiger partial charge in [0.05, 0.1) is 5.69 Å². The van der Waals surface area contributed by atoms with Crippen LogP contribution in [0.4, 0.5) is 5.69 Å². The summed E-state index contributed by atoms with van der Waals surface area (Å²) in [5.74, 6) is 0. The first-order valence-corrected chi connectivity index (χ1v) is 7.70. The molecule has 0 amide bonds. The number of hydrogen-bond donors (Lipinski definition) is 1. The number of thiophene rings is 1. The van der Waals surface area contributed by atoms with Crippen molar-refractivity contribution >= 4 is 17.0 Å². The summed E-state index contributed by atoms with van der Waals surface area (Å²) in [6.07, 6.45) is 1.95. The molecule has 0 atom stereocenters. The number of rotatable bonds is 3. The average molecular weight is 284 g/mol. The van der Waals surface area contributed by atoms with Crippen molar-refractivity contribution in [2.24, 2.45) is 0 Å². The molecule has 0 radical (unpaired) electrons. The SMILES string of the molecule is CCCc1c(-c2c(C)cc(C)cc2C)sc(C#N)c1N. The van der Waals surface area contributed by atoms with Crippen LogP contribution in [0.25, 0.3) is 10.4 Å². The van der Waals surface area contributed by atoms with Crippen LogP contribution in [-0.2, 0) is 6.42 Å². The van der Waals surface area contributed by atoms with Gasteiger partial charge in [-0.2, -0.15) is 5.26 Å². The molecule has 0 aliphatic carbocycles. The molecule has 0 aliphatic rings. The fraction of sp³-hybridized carbons (Fsp3) is 0.353. The predicted octanol–water partition coefficient (Wildman–Crippen LogP) is 4.75. The number of nitrogens with two attached hydrogens (primary N) is 1. The van der Waals surface area contributed by atoms with E-state index in [9.17, 15) is 5.26 Å². The van der Waals surface area contributed by atoms with E-state index >= 15 is 0 Å². The number of nitriles is 1. The highest BCUT2D eigenvalue weighted by molar-refractivity contribution is 7.16. The van der Waals surface area contributed by atoms with Gasteiger partial charge in [-0.3, -0.25) is 0 Å². The van der Waals surface area contributed by atoms with E-state index in [-0.39, 0.29) is 0 Å². The fourth-order valence-corrected chi connectivity index (χ4v) is 4.04. The molecule has 2 rings (SSSR count). The Morgan fingerprint density at radius 1 is 1.20 bits per heavy atom. The summed E-state index contributed by atoms with van der Waals surface area (Å²) in [6, 6.07) is 6.62. The van der Waals surface area contributed by atoms with Crippen molar-refractivity contribution in [3.05, 3.63) is 39.3 Å². The summed E-state index contributed by atoms with van der Waals surface area (Å²) in [4.78, 5) is 1.82. The van der Waals surface area contributed by atoms with Crippen LogP contribution in [0.2, 0.25) is 0 Å². The molecule has 0 unspecified atom stereocenters. The highest BCUT2D eigenvalue weighted by Crippen LogP contribution is 2.42. The lowest BCUT2D eigenvalue weighted by Crippen LogP contribution is -1.95. The van der Waals surface area contributed by atoms with Gasteiger partial charge in [-0.15, -0.1) is 11.3 Å². The normalized spacial score (nSPS) is 10.6. The topological polar surface area (TPSA) is 49.8 Å². The molecule has 1 aromatic heterocycles. The van der Waals surface area contributed by atoms with E-state index in [4.69, 9.17) is 5.73 Å². The van der Waals surface area contributed by atoms with Crippen molar-refractivity contribution in [2.75, 3.05) is 5.73 Å². The molecule has 2 aromatic rings. The number of aryl methyl sites for hydroxylation is 3. The summed E-state index contributed by atoms with van der Waals surface area (Å²) in [7, 11) is 0. The molecule has 0 fully saturated rings. The van der Waals surface area contributed by atoms with Crippen LogP contribution in [0.1, 0.15) is 40.5 Å². The highest BCUT2D eigenvalue weighted by Gasteiger charge is 2.19. The zero-order chi connectivity index (χ0) is 14.9. The number of hydrogen-bond acceptors (Lipinski definition) is 3. The molecule has 0 saturated carbocycles. The molecule has 3 heteroatoms. The van der Waals surface area contributed by atoms with E-state index < -0.39 is 0 Å². The first-order chi connectivity index (χ1) is 9.49. The Kier molecular flexibility index (Phi) is 4.15. The van der Waals surface area contributed by atoms with Gasteiger partial charge in [-0.05, 0) is 49.4 Å². The van der Waals surface area contributed by atoms with Crippen LogP contribution in [0, 0.1) is 32.1 Å². The molecule has 104 valence electrons. The Bertz CT molecular complexity index is 667. The minimum Gasteiger partial charge on any atom is -0.397 e. The number of benzene rings is 1. The van der Waals surface area contributed by atoms with Gasteiger partial charge < -0.3 is 5.73 Å². The van der Waals surface area contributed by atoms with E-state index in [2.05, 4.69) is 45.9 Å². The second-order valence-electron chi connectivity index (χ2n) is 5.29. The largest absolute Gasteiger partial charge is 0.397 e. The van der Waals surface area contributed by atoms with Crippen molar-refractivity contribution in [1.29, 1.82) is 5.26 Å². The van der Waals surface area contributed by atoms with E-state index in [1.807, 2.05) is 0 Å². The quantitative estimate of drug-likeness (QED) is 0.884. The maximum Gasteiger partial charge on any atom is 0.128 e. The third-order valence-electron chi connectivity index (χ3n) is 3.55. The summed E-state index contributed by atoms with van der Waals surface area (Å²) in [5.41, 5.74) is 13.0. The Labute approximate surface area is 124 Å². The zero-order valence-corrected chi connectivity index (χ0v) is 13.3. The molecule has 0 spiro atoms. The Hall–Kier alpha value is -1.79. The molecule has 20 heavy (non-hydrogen) atoms. The second kappa shape index (κ2) is 5.68. The van der Waals surface area contributed by atoms with Crippen LogP contribution in [-0.4, -0.2) is 0 Å². The zero-order valence-electron chi connectivity index (χ0n) is 12.5. The van der Waals surface area contributed by atoms with Crippen LogP contribution in [0.3, 0.4) is 0 Å². The minimum atomic E-state index is 0.642. The number of nitrogen functional groups attached to an aromatic ring is 1. The third-order valence-corrected chi connectivity index (χ3v) is 4.72. The molecule has 0 saturated heterocycles. The Morgan fingerprint density at radius 3 is 2.30 bits per heavy atom. The number of nitrogens with zero attached hydrogens (tertiary/aromatic N) is 1. The lowest BCUT2D eigenvalue weighted by atomic mass is 9.95. The van der Waals surface area contributed by atoms with Gasteiger partial charge in [-0.25, -0.2) is 0 Å². The van der Waals surface area contributed by atoms with Gasteiger partial charge >= 0.3 is 0 Å². The van der Waals surface area contributed by atoms with E-state index in [1.165, 1.54) is 38.5 Å². The van der Waals surface area contributed by atoms with Crippen LogP contribution in [0.15, 0.2) is 12.1 Å². The third kappa shape index (κ3) is 2.44. The average Bonchev–Trinajstić information content (AvgIpc) is 2.67. The molecular formula is C17H20N2S. The minimum absolute atomic E-state index is 0.642. The monoisotopic (exact) mass is 284 g/mol. The maximum atomic E-state index is 9.23. The van der Waals surface area contributed by atoms with Crippen LogP contribution >= 0.6 is 11.3 Å². The first kappa shape index (κ1) is 14.6. The smallest absolute Gasteiger partial charge is 0.128 e. The molecule has 2 N–H and O–H groups in total. The van der Waals surface area contributed by atoms with Crippen molar-refractivity contribution in [1.82, 2.24) is 0 Å². The number of anilines is 1. The lowest BCUT2D eigenvalue weighted by Gasteiger charge is -2.12. The summed E-state index contributed by atoms with van der Waals surface area (Å²) >= 11 is 1.53. The molecule has 1 heterocycles. The first-order valence-electron chi connectivity index (χ1n) is 6.89. The molecular weight excluding hydrogens is 264 g/mol. The van der Waals surface area contributed by atoms with E-state index in [0.717, 1.165) is 18.4 Å². The van der Waals surface area contributed by atoms with Crippen LogP contribution < -0.4 is 5.73 Å². The Morgan fingerprint density at radius 2 is 1.80 bits per heavy atom. The fourth-order valence-electron chi connectivity index (χ4n) is 2.80. The van der Waals surface area contributed by atoms with E-state index in [0.29, 0.717) is 10.6 Å².